The number of carbonyl (C=O) groups excluding carboxylic acids is 1. The molecular formula is C15H18N4O. The molecule has 0 radical (unpaired) electrons. The van der Waals surface area contributed by atoms with E-state index in [1.165, 1.54) is 0 Å². The van der Waals surface area contributed by atoms with Gasteiger partial charge in [-0.3, -0.25) is 4.79 Å². The normalized spacial score (nSPS) is 10.1. The Labute approximate surface area is 118 Å². The lowest BCUT2D eigenvalue weighted by Gasteiger charge is -2.06. The average molecular weight is 270 g/mol. The Balaban J connectivity index is 1.94. The van der Waals surface area contributed by atoms with Crippen molar-refractivity contribution in [2.24, 2.45) is 0 Å². The van der Waals surface area contributed by atoms with Gasteiger partial charge in [0, 0.05) is 12.2 Å². The second-order valence-electron chi connectivity index (χ2n) is 4.40. The molecule has 2 rings (SSSR count). The smallest absolute Gasteiger partial charge is 0.276 e. The molecule has 0 unspecified atom stereocenters. The number of hydrogen-bond acceptors (Lipinski definition) is 4. The molecule has 0 aliphatic heterocycles. The molecule has 2 N–H and O–H groups in total. The van der Waals surface area contributed by atoms with E-state index in [9.17, 15) is 4.79 Å². The van der Waals surface area contributed by atoms with Gasteiger partial charge in [-0.25, -0.2) is 0 Å². The van der Waals surface area contributed by atoms with Crippen molar-refractivity contribution >= 4 is 17.4 Å². The van der Waals surface area contributed by atoms with Crippen LogP contribution in [0.3, 0.4) is 0 Å². The van der Waals surface area contributed by atoms with Gasteiger partial charge >= 0.3 is 0 Å². The van der Waals surface area contributed by atoms with E-state index in [0.717, 1.165) is 25.1 Å². The molecule has 0 aliphatic rings. The second-order valence-corrected chi connectivity index (χ2v) is 4.40. The Hall–Kier alpha value is -2.43. The van der Waals surface area contributed by atoms with Crippen LogP contribution in [0.1, 0.15) is 30.3 Å². The lowest BCUT2D eigenvalue weighted by atomic mass is 10.3. The lowest BCUT2D eigenvalue weighted by molar-refractivity contribution is 0.102. The first-order chi connectivity index (χ1) is 9.79. The van der Waals surface area contributed by atoms with Crippen molar-refractivity contribution in [2.45, 2.75) is 19.8 Å². The first-order valence-electron chi connectivity index (χ1n) is 6.73. The summed E-state index contributed by atoms with van der Waals surface area (Å²) in [5, 5.41) is 13.8. The summed E-state index contributed by atoms with van der Waals surface area (Å²) in [5.41, 5.74) is 1.04. The number of hydrogen-bond donors (Lipinski definition) is 2. The lowest BCUT2D eigenvalue weighted by Crippen LogP contribution is -2.15. The average Bonchev–Trinajstić information content (AvgIpc) is 2.49. The summed E-state index contributed by atoms with van der Waals surface area (Å²) in [6.07, 6.45) is 2.20. The number of benzene rings is 1. The standard InChI is InChI=1S/C15H18N4O/c1-2-3-11-16-14-10-9-13(18-19-14)15(20)17-12-7-5-4-6-8-12/h4-10H,2-3,11H2,1H3,(H,16,19)(H,17,20). The number of unbranched alkanes of at least 4 members (excludes halogenated alkanes) is 1. The minimum atomic E-state index is -0.260. The quantitative estimate of drug-likeness (QED) is 0.792. The van der Waals surface area contributed by atoms with Crippen LogP contribution in [0.5, 0.6) is 0 Å². The second kappa shape index (κ2) is 7.23. The van der Waals surface area contributed by atoms with Crippen LogP contribution in [0.4, 0.5) is 11.5 Å². The molecular weight excluding hydrogens is 252 g/mol. The first-order valence-corrected chi connectivity index (χ1v) is 6.73. The van der Waals surface area contributed by atoms with Crippen LogP contribution >= 0.6 is 0 Å². The molecule has 1 aromatic heterocycles. The van der Waals surface area contributed by atoms with Gasteiger partial charge in [0.05, 0.1) is 0 Å². The predicted molar refractivity (Wildman–Crippen MR) is 79.8 cm³/mol. The fraction of sp³-hybridized carbons (Fsp3) is 0.267. The van der Waals surface area contributed by atoms with Gasteiger partial charge < -0.3 is 10.6 Å². The van der Waals surface area contributed by atoms with E-state index in [4.69, 9.17) is 0 Å². The molecule has 0 atom stereocenters. The van der Waals surface area contributed by atoms with Crippen LogP contribution in [-0.2, 0) is 0 Å². The maximum absolute atomic E-state index is 12.0. The van der Waals surface area contributed by atoms with Crippen molar-refractivity contribution < 1.29 is 4.79 Å². The molecule has 0 fully saturated rings. The number of aromatic nitrogens is 2. The topological polar surface area (TPSA) is 66.9 Å². The molecule has 20 heavy (non-hydrogen) atoms. The highest BCUT2D eigenvalue weighted by Crippen LogP contribution is 2.08. The molecule has 0 saturated heterocycles. The van der Waals surface area contributed by atoms with Gasteiger partial charge in [-0.05, 0) is 30.7 Å². The number of carbonyl (C=O) groups is 1. The molecule has 2 aromatic rings. The largest absolute Gasteiger partial charge is 0.369 e. The molecule has 0 aliphatic carbocycles. The highest BCUT2D eigenvalue weighted by molar-refractivity contribution is 6.02. The Morgan fingerprint density at radius 1 is 1.10 bits per heavy atom. The number of nitrogens with zero attached hydrogens (tertiary/aromatic N) is 2. The third-order valence-corrected chi connectivity index (χ3v) is 2.77. The third kappa shape index (κ3) is 4.05. The molecule has 0 saturated carbocycles. The van der Waals surface area contributed by atoms with Crippen molar-refractivity contribution in [1.29, 1.82) is 0 Å². The zero-order valence-corrected chi connectivity index (χ0v) is 11.5. The predicted octanol–water partition coefficient (Wildman–Crippen LogP) is 2.94. The number of nitrogens with one attached hydrogen (secondary N) is 2. The fourth-order valence-corrected chi connectivity index (χ4v) is 1.66. The van der Waals surface area contributed by atoms with E-state index in [0.29, 0.717) is 11.5 Å². The molecule has 0 bridgehead atoms. The van der Waals surface area contributed by atoms with Crippen LogP contribution in [0.15, 0.2) is 42.5 Å². The van der Waals surface area contributed by atoms with E-state index >= 15 is 0 Å². The third-order valence-electron chi connectivity index (χ3n) is 2.77. The minimum absolute atomic E-state index is 0.260. The van der Waals surface area contributed by atoms with Crippen LogP contribution in [0.25, 0.3) is 0 Å². The summed E-state index contributed by atoms with van der Waals surface area (Å²) >= 11 is 0. The number of anilines is 2. The Morgan fingerprint density at radius 2 is 1.90 bits per heavy atom. The Morgan fingerprint density at radius 3 is 2.55 bits per heavy atom. The summed E-state index contributed by atoms with van der Waals surface area (Å²) in [5.74, 6) is 0.429. The van der Waals surface area contributed by atoms with E-state index in [1.54, 1.807) is 12.1 Å². The van der Waals surface area contributed by atoms with E-state index in [1.807, 2.05) is 30.3 Å². The van der Waals surface area contributed by atoms with E-state index in [-0.39, 0.29) is 5.91 Å². The first kappa shape index (κ1) is 14.0. The number of para-hydroxylation sites is 1. The fourth-order valence-electron chi connectivity index (χ4n) is 1.66. The van der Waals surface area contributed by atoms with Gasteiger partial charge in [-0.15, -0.1) is 10.2 Å². The zero-order chi connectivity index (χ0) is 14.2. The zero-order valence-electron chi connectivity index (χ0n) is 11.5. The number of amides is 1. The maximum atomic E-state index is 12.0. The van der Waals surface area contributed by atoms with Crippen LogP contribution in [0.2, 0.25) is 0 Å². The van der Waals surface area contributed by atoms with Gasteiger partial charge in [0.15, 0.2) is 5.69 Å². The Bertz CT molecular complexity index is 540. The van der Waals surface area contributed by atoms with E-state index < -0.39 is 0 Å². The molecule has 1 amide bonds. The van der Waals surface area contributed by atoms with Gasteiger partial charge in [-0.1, -0.05) is 31.5 Å². The summed E-state index contributed by atoms with van der Waals surface area (Å²) in [6, 6.07) is 12.7. The summed E-state index contributed by atoms with van der Waals surface area (Å²) in [4.78, 5) is 12.0. The van der Waals surface area contributed by atoms with Crippen LogP contribution < -0.4 is 10.6 Å². The SMILES string of the molecule is CCCCNc1ccc(C(=O)Nc2ccccc2)nn1. The van der Waals surface area contributed by atoms with Crippen molar-refractivity contribution in [3.8, 4) is 0 Å². The molecule has 5 heteroatoms. The van der Waals surface area contributed by atoms with Gasteiger partial charge in [-0.2, -0.15) is 0 Å². The van der Waals surface area contributed by atoms with Gasteiger partial charge in [0.25, 0.3) is 5.91 Å². The summed E-state index contributed by atoms with van der Waals surface area (Å²) in [7, 11) is 0. The van der Waals surface area contributed by atoms with Crippen molar-refractivity contribution in [3.63, 3.8) is 0 Å². The summed E-state index contributed by atoms with van der Waals surface area (Å²) in [6.45, 7) is 2.99. The van der Waals surface area contributed by atoms with Gasteiger partial charge in [0.1, 0.15) is 5.82 Å². The van der Waals surface area contributed by atoms with Crippen molar-refractivity contribution in [2.75, 3.05) is 17.2 Å². The highest BCUT2D eigenvalue weighted by atomic mass is 16.1. The minimum Gasteiger partial charge on any atom is -0.369 e. The molecule has 0 spiro atoms. The monoisotopic (exact) mass is 270 g/mol. The molecule has 104 valence electrons. The Kier molecular flexibility index (Phi) is 5.06. The molecule has 5 nitrogen and oxygen atoms in total. The number of rotatable bonds is 6. The summed E-state index contributed by atoms with van der Waals surface area (Å²) < 4.78 is 0. The van der Waals surface area contributed by atoms with Crippen molar-refractivity contribution in [1.82, 2.24) is 10.2 Å². The molecule has 1 heterocycles. The molecule has 1 aromatic carbocycles. The maximum Gasteiger partial charge on any atom is 0.276 e. The van der Waals surface area contributed by atoms with Gasteiger partial charge in [0.2, 0.25) is 0 Å². The van der Waals surface area contributed by atoms with Crippen LogP contribution in [-0.4, -0.2) is 22.6 Å². The van der Waals surface area contributed by atoms with E-state index in [2.05, 4.69) is 27.8 Å². The van der Waals surface area contributed by atoms with Crippen LogP contribution in [0, 0.1) is 0 Å². The highest BCUT2D eigenvalue weighted by Gasteiger charge is 2.08. The van der Waals surface area contributed by atoms with Crippen molar-refractivity contribution in [3.05, 3.63) is 48.2 Å².